The molecule has 122 valence electrons. The molecule has 3 saturated heterocycles. The number of hydrogen-bond acceptors (Lipinski definition) is 4. The molecule has 0 spiro atoms. The lowest BCUT2D eigenvalue weighted by atomic mass is 9.78. The van der Waals surface area contributed by atoms with Gasteiger partial charge < -0.3 is 14.6 Å². The number of nitrogens with zero attached hydrogens (tertiary/aromatic N) is 1. The summed E-state index contributed by atoms with van der Waals surface area (Å²) in [6, 6.07) is 6.37. The van der Waals surface area contributed by atoms with E-state index in [0.29, 0.717) is 5.92 Å². The molecule has 4 rings (SSSR count). The smallest absolute Gasteiger partial charge is 0.161 e. The van der Waals surface area contributed by atoms with Crippen LogP contribution in [-0.4, -0.2) is 48.5 Å². The highest BCUT2D eigenvalue weighted by Gasteiger charge is 2.40. The molecule has 0 radical (unpaired) electrons. The van der Waals surface area contributed by atoms with E-state index in [1.807, 2.05) is 26.0 Å². The Kier molecular flexibility index (Phi) is 4.59. The zero-order valence-corrected chi connectivity index (χ0v) is 13.8. The van der Waals surface area contributed by atoms with Crippen molar-refractivity contribution >= 4 is 0 Å². The van der Waals surface area contributed by atoms with E-state index in [0.717, 1.165) is 43.9 Å². The molecule has 1 N–H and O–H groups in total. The van der Waals surface area contributed by atoms with Gasteiger partial charge in [-0.05, 0) is 69.8 Å². The average Bonchev–Trinajstić information content (AvgIpc) is 2.52. The fourth-order valence-corrected chi connectivity index (χ4v) is 3.80. The van der Waals surface area contributed by atoms with Crippen LogP contribution in [0, 0.1) is 5.92 Å². The minimum Gasteiger partial charge on any atom is -0.493 e. The third-order valence-corrected chi connectivity index (χ3v) is 4.96. The topological polar surface area (TPSA) is 41.9 Å². The molecule has 0 saturated carbocycles. The summed E-state index contributed by atoms with van der Waals surface area (Å²) in [5, 5.41) is 10.5. The Balaban J connectivity index is 1.75. The first-order valence-electron chi connectivity index (χ1n) is 8.34. The fraction of sp³-hybridized carbons (Fsp3) is 0.667. The van der Waals surface area contributed by atoms with Crippen LogP contribution < -0.4 is 9.47 Å². The maximum atomic E-state index is 10.5. The normalized spacial score (nSPS) is 30.6. The number of aliphatic hydroxyl groups is 1. The zero-order chi connectivity index (χ0) is 15.7. The summed E-state index contributed by atoms with van der Waals surface area (Å²) in [6.45, 7) is 6.27. The Bertz CT molecular complexity index is 507. The molecule has 4 nitrogen and oxygen atoms in total. The second kappa shape index (κ2) is 6.47. The standard InChI is InChI=1S/C18H27NO3/c1-12(2)22-16-5-4-13(11-17(16)21-3)10-15-18(20)14-6-8-19(15)9-7-14/h4-5,11-12,14-15,18,20H,6-10H2,1-3H3. The fourth-order valence-electron chi connectivity index (χ4n) is 3.80. The zero-order valence-electron chi connectivity index (χ0n) is 13.8. The van der Waals surface area contributed by atoms with E-state index in [4.69, 9.17) is 9.47 Å². The summed E-state index contributed by atoms with van der Waals surface area (Å²) >= 11 is 0. The third kappa shape index (κ3) is 3.08. The SMILES string of the molecule is COc1cc(CC2C(O)C3CCN2CC3)ccc1OC(C)C. The van der Waals surface area contributed by atoms with Crippen molar-refractivity contribution in [3.63, 3.8) is 0 Å². The highest BCUT2D eigenvalue weighted by atomic mass is 16.5. The lowest BCUT2D eigenvalue weighted by Crippen LogP contribution is -2.58. The van der Waals surface area contributed by atoms with Crippen LogP contribution in [0.25, 0.3) is 0 Å². The molecule has 2 bridgehead atoms. The molecule has 1 aromatic rings. The average molecular weight is 305 g/mol. The van der Waals surface area contributed by atoms with E-state index in [1.54, 1.807) is 7.11 Å². The molecule has 3 fully saturated rings. The van der Waals surface area contributed by atoms with E-state index in [2.05, 4.69) is 11.0 Å². The van der Waals surface area contributed by atoms with Crippen LogP contribution in [0.3, 0.4) is 0 Å². The predicted molar refractivity (Wildman–Crippen MR) is 86.6 cm³/mol. The summed E-state index contributed by atoms with van der Waals surface area (Å²) in [5.74, 6) is 2.05. The van der Waals surface area contributed by atoms with Gasteiger partial charge in [-0.3, -0.25) is 4.90 Å². The van der Waals surface area contributed by atoms with Crippen molar-refractivity contribution in [2.75, 3.05) is 20.2 Å². The lowest BCUT2D eigenvalue weighted by molar-refractivity contribution is -0.0715. The van der Waals surface area contributed by atoms with Crippen molar-refractivity contribution < 1.29 is 14.6 Å². The Morgan fingerprint density at radius 3 is 2.55 bits per heavy atom. The van der Waals surface area contributed by atoms with Crippen molar-refractivity contribution in [1.82, 2.24) is 4.90 Å². The van der Waals surface area contributed by atoms with Gasteiger partial charge in [-0.15, -0.1) is 0 Å². The number of methoxy groups -OCH3 is 1. The van der Waals surface area contributed by atoms with Crippen molar-refractivity contribution in [2.24, 2.45) is 5.92 Å². The van der Waals surface area contributed by atoms with Crippen LogP contribution in [-0.2, 0) is 6.42 Å². The van der Waals surface area contributed by atoms with Crippen LogP contribution in [0.4, 0.5) is 0 Å². The second-order valence-corrected chi connectivity index (χ2v) is 6.79. The molecule has 0 aromatic heterocycles. The number of piperidine rings is 3. The van der Waals surface area contributed by atoms with Crippen molar-refractivity contribution in [2.45, 2.75) is 51.4 Å². The van der Waals surface area contributed by atoms with Gasteiger partial charge in [0.1, 0.15) is 0 Å². The molecule has 0 amide bonds. The summed E-state index contributed by atoms with van der Waals surface area (Å²) in [7, 11) is 1.67. The van der Waals surface area contributed by atoms with Crippen molar-refractivity contribution in [3.05, 3.63) is 23.8 Å². The number of fused-ring (bicyclic) bond motifs is 3. The van der Waals surface area contributed by atoms with Crippen LogP contribution in [0.1, 0.15) is 32.3 Å². The first kappa shape index (κ1) is 15.6. The molecule has 22 heavy (non-hydrogen) atoms. The maximum absolute atomic E-state index is 10.5. The monoisotopic (exact) mass is 305 g/mol. The van der Waals surface area contributed by atoms with E-state index in [-0.39, 0.29) is 18.2 Å². The molecule has 3 aliphatic heterocycles. The Labute approximate surface area is 133 Å². The van der Waals surface area contributed by atoms with Crippen LogP contribution in [0.5, 0.6) is 11.5 Å². The van der Waals surface area contributed by atoms with Gasteiger partial charge in [-0.25, -0.2) is 0 Å². The van der Waals surface area contributed by atoms with Crippen LogP contribution in [0.15, 0.2) is 18.2 Å². The molecule has 4 heteroatoms. The molecule has 3 aliphatic rings. The predicted octanol–water partition coefficient (Wildman–Crippen LogP) is 2.48. The molecule has 2 unspecified atom stereocenters. The van der Waals surface area contributed by atoms with E-state index < -0.39 is 0 Å². The van der Waals surface area contributed by atoms with E-state index >= 15 is 0 Å². The molecule has 0 aliphatic carbocycles. The minimum atomic E-state index is -0.194. The molecular weight excluding hydrogens is 278 g/mol. The summed E-state index contributed by atoms with van der Waals surface area (Å²) in [6.07, 6.45) is 3.09. The number of hydrogen-bond donors (Lipinski definition) is 1. The van der Waals surface area contributed by atoms with Gasteiger partial charge in [-0.2, -0.15) is 0 Å². The maximum Gasteiger partial charge on any atom is 0.161 e. The second-order valence-electron chi connectivity index (χ2n) is 6.79. The van der Waals surface area contributed by atoms with Gasteiger partial charge in [0, 0.05) is 6.04 Å². The first-order chi connectivity index (χ1) is 10.6. The number of ether oxygens (including phenoxy) is 2. The summed E-state index contributed by atoms with van der Waals surface area (Å²) in [5.41, 5.74) is 1.20. The number of rotatable bonds is 5. The Morgan fingerprint density at radius 2 is 1.95 bits per heavy atom. The third-order valence-electron chi connectivity index (χ3n) is 4.96. The van der Waals surface area contributed by atoms with Gasteiger partial charge in [0.15, 0.2) is 11.5 Å². The summed E-state index contributed by atoms with van der Waals surface area (Å²) < 4.78 is 11.2. The molecule has 1 aromatic carbocycles. The Hall–Kier alpha value is -1.26. The van der Waals surface area contributed by atoms with Gasteiger partial charge in [0.25, 0.3) is 0 Å². The molecule has 2 atom stereocenters. The molecular formula is C18H27NO3. The van der Waals surface area contributed by atoms with Crippen molar-refractivity contribution in [3.8, 4) is 11.5 Å². The Morgan fingerprint density at radius 1 is 1.23 bits per heavy atom. The minimum absolute atomic E-state index is 0.127. The largest absolute Gasteiger partial charge is 0.493 e. The number of benzene rings is 1. The first-order valence-corrected chi connectivity index (χ1v) is 8.34. The van der Waals surface area contributed by atoms with Crippen molar-refractivity contribution in [1.29, 1.82) is 0 Å². The van der Waals surface area contributed by atoms with Gasteiger partial charge in [0.05, 0.1) is 19.3 Å². The highest BCUT2D eigenvalue weighted by Crippen LogP contribution is 2.35. The lowest BCUT2D eigenvalue weighted by Gasteiger charge is -2.49. The van der Waals surface area contributed by atoms with Gasteiger partial charge in [0.2, 0.25) is 0 Å². The van der Waals surface area contributed by atoms with Crippen LogP contribution >= 0.6 is 0 Å². The number of aliphatic hydroxyl groups excluding tert-OH is 1. The van der Waals surface area contributed by atoms with E-state index in [9.17, 15) is 5.11 Å². The van der Waals surface area contributed by atoms with Gasteiger partial charge in [-0.1, -0.05) is 6.07 Å². The quantitative estimate of drug-likeness (QED) is 0.907. The highest BCUT2D eigenvalue weighted by molar-refractivity contribution is 5.43. The summed E-state index contributed by atoms with van der Waals surface area (Å²) in [4.78, 5) is 2.44. The molecule has 3 heterocycles. The van der Waals surface area contributed by atoms with Gasteiger partial charge >= 0.3 is 0 Å². The van der Waals surface area contributed by atoms with Crippen LogP contribution in [0.2, 0.25) is 0 Å². The van der Waals surface area contributed by atoms with E-state index in [1.165, 1.54) is 5.56 Å².